The Morgan fingerprint density at radius 2 is 2.21 bits per heavy atom. The minimum atomic E-state index is 0.751. The number of nitrogens with zero attached hydrogens (tertiary/aromatic N) is 2. The molecule has 0 fully saturated rings. The van der Waals surface area contributed by atoms with E-state index in [2.05, 4.69) is 21.4 Å². The Balaban J connectivity index is 1.74. The third-order valence-electron chi connectivity index (χ3n) is 3.47. The normalized spacial score (nSPS) is 13.1. The Bertz CT molecular complexity index is 583. The number of nitrogens with one attached hydrogen (secondary N) is 1. The first-order chi connectivity index (χ1) is 9.36. The van der Waals surface area contributed by atoms with Gasteiger partial charge >= 0.3 is 0 Å². The highest BCUT2D eigenvalue weighted by Crippen LogP contribution is 2.25. The first-order valence-corrected chi connectivity index (χ1v) is 6.56. The second-order valence-electron chi connectivity index (χ2n) is 4.71. The molecule has 98 valence electrons. The van der Waals surface area contributed by atoms with E-state index in [1.54, 1.807) is 13.4 Å². The van der Waals surface area contributed by atoms with E-state index in [-0.39, 0.29) is 0 Å². The van der Waals surface area contributed by atoms with Crippen LogP contribution in [0.1, 0.15) is 23.2 Å². The lowest BCUT2D eigenvalue weighted by Crippen LogP contribution is -2.05. The predicted octanol–water partition coefficient (Wildman–Crippen LogP) is 2.59. The number of rotatable bonds is 4. The maximum Gasteiger partial charge on any atom is 0.133 e. The van der Waals surface area contributed by atoms with Gasteiger partial charge in [0.25, 0.3) is 0 Å². The number of benzene rings is 1. The van der Waals surface area contributed by atoms with Gasteiger partial charge in [0.1, 0.15) is 17.9 Å². The molecule has 0 spiro atoms. The van der Waals surface area contributed by atoms with Crippen molar-refractivity contribution < 1.29 is 4.74 Å². The highest BCUT2D eigenvalue weighted by molar-refractivity contribution is 5.48. The zero-order chi connectivity index (χ0) is 13.1. The number of anilines is 1. The van der Waals surface area contributed by atoms with Crippen LogP contribution in [0.3, 0.4) is 0 Å². The van der Waals surface area contributed by atoms with E-state index in [0.717, 1.165) is 31.0 Å². The van der Waals surface area contributed by atoms with Crippen LogP contribution < -0.4 is 10.1 Å². The molecule has 1 N–H and O–H groups in total. The largest absolute Gasteiger partial charge is 0.497 e. The number of methoxy groups -OCH3 is 1. The van der Waals surface area contributed by atoms with E-state index in [4.69, 9.17) is 4.74 Å². The Morgan fingerprint density at radius 1 is 1.26 bits per heavy atom. The summed E-state index contributed by atoms with van der Waals surface area (Å²) in [6.45, 7) is 0.751. The maximum atomic E-state index is 5.23. The molecule has 1 heterocycles. The minimum Gasteiger partial charge on any atom is -0.497 e. The van der Waals surface area contributed by atoms with Crippen molar-refractivity contribution in [3.63, 3.8) is 0 Å². The Hall–Kier alpha value is -2.10. The highest BCUT2D eigenvalue weighted by atomic mass is 16.5. The third-order valence-corrected chi connectivity index (χ3v) is 3.47. The van der Waals surface area contributed by atoms with E-state index >= 15 is 0 Å². The van der Waals surface area contributed by atoms with Gasteiger partial charge in [-0.15, -0.1) is 0 Å². The van der Waals surface area contributed by atoms with Gasteiger partial charge in [0.2, 0.25) is 0 Å². The molecule has 0 radical (unpaired) electrons. The zero-order valence-electron chi connectivity index (χ0n) is 11.0. The fourth-order valence-electron chi connectivity index (χ4n) is 2.48. The lowest BCUT2D eigenvalue weighted by molar-refractivity contribution is 0.414. The van der Waals surface area contributed by atoms with Crippen molar-refractivity contribution in [3.8, 4) is 5.75 Å². The summed E-state index contributed by atoms with van der Waals surface area (Å²) in [5.74, 6) is 1.86. The smallest absolute Gasteiger partial charge is 0.133 e. The van der Waals surface area contributed by atoms with Crippen molar-refractivity contribution in [2.45, 2.75) is 25.8 Å². The van der Waals surface area contributed by atoms with Crippen LogP contribution in [-0.4, -0.2) is 17.1 Å². The average Bonchev–Trinajstić information content (AvgIpc) is 2.94. The van der Waals surface area contributed by atoms with Crippen LogP contribution in [0.15, 0.2) is 30.6 Å². The number of hydrogen-bond acceptors (Lipinski definition) is 4. The van der Waals surface area contributed by atoms with E-state index in [1.165, 1.54) is 23.2 Å². The minimum absolute atomic E-state index is 0.751. The number of ether oxygens (including phenoxy) is 1. The molecule has 0 bridgehead atoms. The van der Waals surface area contributed by atoms with Gasteiger partial charge in [-0.2, -0.15) is 0 Å². The predicted molar refractivity (Wildman–Crippen MR) is 74.4 cm³/mol. The van der Waals surface area contributed by atoms with Crippen molar-refractivity contribution in [1.82, 2.24) is 9.97 Å². The summed E-state index contributed by atoms with van der Waals surface area (Å²) in [6, 6.07) is 8.07. The van der Waals surface area contributed by atoms with Crippen molar-refractivity contribution >= 4 is 5.82 Å². The first kappa shape index (κ1) is 12.0. The second kappa shape index (κ2) is 5.26. The molecule has 0 saturated carbocycles. The number of fused-ring (bicyclic) bond motifs is 1. The van der Waals surface area contributed by atoms with Crippen molar-refractivity contribution in [2.75, 3.05) is 12.4 Å². The monoisotopic (exact) mass is 255 g/mol. The van der Waals surface area contributed by atoms with Gasteiger partial charge in [0.15, 0.2) is 0 Å². The van der Waals surface area contributed by atoms with Gasteiger partial charge in [0.05, 0.1) is 7.11 Å². The highest BCUT2D eigenvalue weighted by Gasteiger charge is 2.16. The number of hydrogen-bond donors (Lipinski definition) is 1. The van der Waals surface area contributed by atoms with E-state index in [1.807, 2.05) is 18.2 Å². The summed E-state index contributed by atoms with van der Waals surface area (Å²) in [4.78, 5) is 8.69. The standard InChI is InChI=1S/C15H17N3O/c1-19-12-5-2-4-11(8-12)9-16-15-13-6-3-7-14(13)17-10-18-15/h2,4-5,8,10H,3,6-7,9H2,1H3,(H,16,17,18). The van der Waals surface area contributed by atoms with Crippen molar-refractivity contribution in [2.24, 2.45) is 0 Å². The molecule has 2 aromatic rings. The van der Waals surface area contributed by atoms with Gasteiger partial charge in [-0.3, -0.25) is 0 Å². The van der Waals surface area contributed by atoms with Crippen molar-refractivity contribution in [1.29, 1.82) is 0 Å². The quantitative estimate of drug-likeness (QED) is 0.912. The van der Waals surface area contributed by atoms with E-state index < -0.39 is 0 Å². The summed E-state index contributed by atoms with van der Waals surface area (Å²) in [7, 11) is 1.68. The molecule has 0 aliphatic heterocycles. The number of aromatic nitrogens is 2. The van der Waals surface area contributed by atoms with Crippen LogP contribution in [0.25, 0.3) is 0 Å². The van der Waals surface area contributed by atoms with Crippen LogP contribution in [-0.2, 0) is 19.4 Å². The van der Waals surface area contributed by atoms with Gasteiger partial charge in [-0.05, 0) is 37.0 Å². The Labute approximate surface area is 112 Å². The van der Waals surface area contributed by atoms with Crippen LogP contribution in [0, 0.1) is 0 Å². The zero-order valence-corrected chi connectivity index (χ0v) is 11.0. The molecule has 0 atom stereocenters. The summed E-state index contributed by atoms with van der Waals surface area (Å²) in [5.41, 5.74) is 3.67. The maximum absolute atomic E-state index is 5.23. The van der Waals surface area contributed by atoms with Crippen LogP contribution in [0.5, 0.6) is 5.75 Å². The molecule has 4 nitrogen and oxygen atoms in total. The fourth-order valence-corrected chi connectivity index (χ4v) is 2.48. The lowest BCUT2D eigenvalue weighted by Gasteiger charge is -2.10. The molecule has 4 heteroatoms. The molecule has 1 aliphatic carbocycles. The van der Waals surface area contributed by atoms with Gasteiger partial charge in [-0.25, -0.2) is 9.97 Å². The SMILES string of the molecule is COc1cccc(CNc2ncnc3c2CCC3)c1. The van der Waals surface area contributed by atoms with Gasteiger partial charge in [-0.1, -0.05) is 12.1 Å². The molecule has 1 aromatic carbocycles. The van der Waals surface area contributed by atoms with Crippen LogP contribution in [0.2, 0.25) is 0 Å². The lowest BCUT2D eigenvalue weighted by atomic mass is 10.2. The molecule has 0 unspecified atom stereocenters. The number of aryl methyl sites for hydroxylation is 1. The molecule has 1 aromatic heterocycles. The third kappa shape index (κ3) is 2.52. The molecular weight excluding hydrogens is 238 g/mol. The average molecular weight is 255 g/mol. The van der Waals surface area contributed by atoms with Gasteiger partial charge < -0.3 is 10.1 Å². The second-order valence-corrected chi connectivity index (χ2v) is 4.71. The van der Waals surface area contributed by atoms with Gasteiger partial charge in [0, 0.05) is 17.8 Å². The molecule has 0 amide bonds. The van der Waals surface area contributed by atoms with Crippen LogP contribution >= 0.6 is 0 Å². The summed E-state index contributed by atoms with van der Waals surface area (Å²) < 4.78 is 5.23. The summed E-state index contributed by atoms with van der Waals surface area (Å²) in [5, 5.41) is 3.41. The fraction of sp³-hybridized carbons (Fsp3) is 0.333. The molecule has 1 aliphatic rings. The molecule has 3 rings (SSSR count). The van der Waals surface area contributed by atoms with E-state index in [0.29, 0.717) is 0 Å². The Morgan fingerprint density at radius 3 is 3.11 bits per heavy atom. The van der Waals surface area contributed by atoms with Crippen LogP contribution in [0.4, 0.5) is 5.82 Å². The van der Waals surface area contributed by atoms with E-state index in [9.17, 15) is 0 Å². The first-order valence-electron chi connectivity index (χ1n) is 6.56. The van der Waals surface area contributed by atoms with Crippen molar-refractivity contribution in [3.05, 3.63) is 47.4 Å². The molecular formula is C15H17N3O. The molecule has 0 saturated heterocycles. The topological polar surface area (TPSA) is 47.0 Å². The summed E-state index contributed by atoms with van der Waals surface area (Å²) in [6.07, 6.45) is 4.99. The molecule has 19 heavy (non-hydrogen) atoms. The summed E-state index contributed by atoms with van der Waals surface area (Å²) >= 11 is 0. The Kier molecular flexibility index (Phi) is 3.31.